The third kappa shape index (κ3) is 2.64. The summed E-state index contributed by atoms with van der Waals surface area (Å²) >= 11 is 0. The van der Waals surface area contributed by atoms with E-state index >= 15 is 0 Å². The van der Waals surface area contributed by atoms with Gasteiger partial charge in [-0.3, -0.25) is 0 Å². The van der Waals surface area contributed by atoms with Gasteiger partial charge < -0.3 is 14.4 Å². The quantitative estimate of drug-likeness (QED) is 0.866. The fraction of sp³-hybridized carbons (Fsp3) is 0.278. The zero-order valence-electron chi connectivity index (χ0n) is 13.4. The van der Waals surface area contributed by atoms with Crippen LogP contribution in [0.2, 0.25) is 0 Å². The summed E-state index contributed by atoms with van der Waals surface area (Å²) in [7, 11) is 5.75. The van der Waals surface area contributed by atoms with Crippen LogP contribution in [0.4, 0.5) is 11.4 Å². The Morgan fingerprint density at radius 2 is 1.86 bits per heavy atom. The average molecular weight is 296 g/mol. The molecule has 0 fully saturated rings. The number of methoxy groups -OCH3 is 1. The molecule has 114 valence electrons. The molecule has 0 bridgehead atoms. The second-order valence-electron chi connectivity index (χ2n) is 5.60. The highest BCUT2D eigenvalue weighted by Gasteiger charge is 2.17. The van der Waals surface area contributed by atoms with E-state index in [9.17, 15) is 0 Å². The molecule has 3 rings (SSSR count). The van der Waals surface area contributed by atoms with Gasteiger partial charge >= 0.3 is 0 Å². The summed E-state index contributed by atoms with van der Waals surface area (Å²) in [6, 6.07) is 12.0. The minimum absolute atomic E-state index is 0.550. The minimum atomic E-state index is 0.550. The molecule has 1 aliphatic rings. The van der Waals surface area contributed by atoms with Gasteiger partial charge in [0.1, 0.15) is 12.4 Å². The maximum Gasteiger partial charge on any atom is 0.221 e. The molecule has 0 aliphatic carbocycles. The van der Waals surface area contributed by atoms with E-state index in [0.29, 0.717) is 12.5 Å². The van der Waals surface area contributed by atoms with Crippen molar-refractivity contribution in [2.75, 3.05) is 26.1 Å². The highest BCUT2D eigenvalue weighted by atomic mass is 16.5. The summed E-state index contributed by atoms with van der Waals surface area (Å²) in [6.07, 6.45) is 0. The summed E-state index contributed by atoms with van der Waals surface area (Å²) in [5, 5.41) is 0. The van der Waals surface area contributed by atoms with Crippen LogP contribution in [0.5, 0.6) is 5.75 Å². The molecular weight excluding hydrogens is 276 g/mol. The van der Waals surface area contributed by atoms with E-state index < -0.39 is 0 Å². The molecule has 1 aliphatic heterocycles. The molecule has 2 aromatic rings. The molecule has 0 saturated carbocycles. The van der Waals surface area contributed by atoms with E-state index in [1.54, 1.807) is 7.11 Å². The monoisotopic (exact) mass is 296 g/mol. The fourth-order valence-electron chi connectivity index (χ4n) is 2.62. The summed E-state index contributed by atoms with van der Waals surface area (Å²) in [4.78, 5) is 6.79. The van der Waals surface area contributed by atoms with E-state index in [1.165, 1.54) is 11.3 Å². The van der Waals surface area contributed by atoms with Crippen LogP contribution in [-0.4, -0.2) is 27.1 Å². The van der Waals surface area contributed by atoms with E-state index in [0.717, 1.165) is 22.6 Å². The third-order valence-corrected chi connectivity index (χ3v) is 3.80. The van der Waals surface area contributed by atoms with Crippen LogP contribution in [0.3, 0.4) is 0 Å². The largest absolute Gasteiger partial charge is 0.497 e. The van der Waals surface area contributed by atoms with Gasteiger partial charge in [0.15, 0.2) is 0 Å². The van der Waals surface area contributed by atoms with Crippen LogP contribution in [0, 0.1) is 6.92 Å². The van der Waals surface area contributed by atoms with E-state index in [1.807, 2.05) is 38.4 Å². The van der Waals surface area contributed by atoms with Crippen LogP contribution in [0.15, 0.2) is 41.4 Å². The van der Waals surface area contributed by atoms with Crippen molar-refractivity contribution in [1.29, 1.82) is 0 Å². The topological polar surface area (TPSA) is 34.1 Å². The number of aryl methyl sites for hydroxylation is 1. The summed E-state index contributed by atoms with van der Waals surface area (Å²) < 4.78 is 11.0. The minimum Gasteiger partial charge on any atom is -0.497 e. The molecule has 0 amide bonds. The van der Waals surface area contributed by atoms with E-state index in [4.69, 9.17) is 9.47 Å². The van der Waals surface area contributed by atoms with Gasteiger partial charge in [-0.1, -0.05) is 0 Å². The standard InChI is InChI=1S/C18H20N2O2/c1-12-9-14-11-22-18(13-5-7-15(21-4)8-6-13)19-16(14)10-17(12)20(2)3/h5-10H,11H2,1-4H3. The normalized spacial score (nSPS) is 13.0. The predicted molar refractivity (Wildman–Crippen MR) is 89.5 cm³/mol. The zero-order chi connectivity index (χ0) is 15.7. The first-order valence-electron chi connectivity index (χ1n) is 7.25. The number of ether oxygens (including phenoxy) is 2. The molecular formula is C18H20N2O2. The van der Waals surface area contributed by atoms with Crippen molar-refractivity contribution in [2.45, 2.75) is 13.5 Å². The van der Waals surface area contributed by atoms with Crippen LogP contribution in [0.25, 0.3) is 0 Å². The first-order chi connectivity index (χ1) is 10.6. The maximum absolute atomic E-state index is 5.81. The molecule has 1 heterocycles. The van der Waals surface area contributed by atoms with Gasteiger partial charge in [-0.2, -0.15) is 0 Å². The lowest BCUT2D eigenvalue weighted by molar-refractivity contribution is 0.288. The van der Waals surface area contributed by atoms with Gasteiger partial charge in [-0.05, 0) is 48.9 Å². The second-order valence-corrected chi connectivity index (χ2v) is 5.60. The van der Waals surface area contributed by atoms with Gasteiger partial charge in [-0.15, -0.1) is 0 Å². The number of rotatable bonds is 3. The van der Waals surface area contributed by atoms with Crippen molar-refractivity contribution >= 4 is 17.3 Å². The van der Waals surface area contributed by atoms with Crippen molar-refractivity contribution in [3.63, 3.8) is 0 Å². The van der Waals surface area contributed by atoms with Crippen molar-refractivity contribution in [3.8, 4) is 5.75 Å². The van der Waals surface area contributed by atoms with E-state index in [-0.39, 0.29) is 0 Å². The fourth-order valence-corrected chi connectivity index (χ4v) is 2.62. The predicted octanol–water partition coefficient (Wildman–Crippen LogP) is 3.68. The highest BCUT2D eigenvalue weighted by molar-refractivity contribution is 5.97. The molecule has 2 aromatic carbocycles. The number of hydrogen-bond donors (Lipinski definition) is 0. The summed E-state index contributed by atoms with van der Waals surface area (Å²) in [6.45, 7) is 2.66. The smallest absolute Gasteiger partial charge is 0.221 e. The Bertz CT molecular complexity index is 719. The molecule has 4 nitrogen and oxygen atoms in total. The molecule has 0 radical (unpaired) electrons. The number of fused-ring (bicyclic) bond motifs is 1. The lowest BCUT2D eigenvalue weighted by atomic mass is 10.1. The molecule has 22 heavy (non-hydrogen) atoms. The zero-order valence-corrected chi connectivity index (χ0v) is 13.4. The first kappa shape index (κ1) is 14.4. The molecule has 0 aromatic heterocycles. The Kier molecular flexibility index (Phi) is 3.75. The molecule has 4 heteroatoms. The number of hydrogen-bond acceptors (Lipinski definition) is 4. The van der Waals surface area contributed by atoms with Crippen molar-refractivity contribution in [2.24, 2.45) is 4.99 Å². The lowest BCUT2D eigenvalue weighted by Gasteiger charge is -2.22. The van der Waals surface area contributed by atoms with Gasteiger partial charge in [0.2, 0.25) is 5.90 Å². The molecule has 0 N–H and O–H groups in total. The number of anilines is 1. The molecule has 0 atom stereocenters. The molecule has 0 spiro atoms. The Morgan fingerprint density at radius 1 is 1.14 bits per heavy atom. The van der Waals surface area contributed by atoms with Crippen LogP contribution < -0.4 is 9.64 Å². The van der Waals surface area contributed by atoms with Gasteiger partial charge in [0.25, 0.3) is 0 Å². The molecule has 0 saturated heterocycles. The highest BCUT2D eigenvalue weighted by Crippen LogP contribution is 2.33. The van der Waals surface area contributed by atoms with Gasteiger partial charge in [0, 0.05) is 30.9 Å². The summed E-state index contributed by atoms with van der Waals surface area (Å²) in [5.74, 6) is 1.48. The lowest BCUT2D eigenvalue weighted by Crippen LogP contribution is -2.14. The summed E-state index contributed by atoms with van der Waals surface area (Å²) in [5.41, 5.74) is 5.47. The third-order valence-electron chi connectivity index (χ3n) is 3.80. The van der Waals surface area contributed by atoms with Crippen LogP contribution >= 0.6 is 0 Å². The van der Waals surface area contributed by atoms with Crippen molar-refractivity contribution in [1.82, 2.24) is 0 Å². The number of nitrogens with zero attached hydrogens (tertiary/aromatic N) is 2. The molecule has 0 unspecified atom stereocenters. The Labute approximate surface area is 131 Å². The average Bonchev–Trinajstić information content (AvgIpc) is 2.53. The van der Waals surface area contributed by atoms with Crippen LogP contribution in [-0.2, 0) is 11.3 Å². The van der Waals surface area contributed by atoms with Crippen LogP contribution in [0.1, 0.15) is 16.7 Å². The Balaban J connectivity index is 1.99. The van der Waals surface area contributed by atoms with Gasteiger partial charge in [-0.25, -0.2) is 4.99 Å². The van der Waals surface area contributed by atoms with Crippen molar-refractivity contribution < 1.29 is 9.47 Å². The maximum atomic E-state index is 5.81. The Morgan fingerprint density at radius 3 is 2.50 bits per heavy atom. The van der Waals surface area contributed by atoms with Crippen molar-refractivity contribution in [3.05, 3.63) is 53.1 Å². The SMILES string of the molecule is COc1ccc(C2=Nc3cc(N(C)C)c(C)cc3CO2)cc1. The van der Waals surface area contributed by atoms with E-state index in [2.05, 4.69) is 28.9 Å². The van der Waals surface area contributed by atoms with Gasteiger partial charge in [0.05, 0.1) is 12.8 Å². The number of aliphatic imine (C=N–C) groups is 1. The number of benzene rings is 2. The Hall–Kier alpha value is -2.49. The second kappa shape index (κ2) is 5.72. The first-order valence-corrected chi connectivity index (χ1v) is 7.25.